The van der Waals surface area contributed by atoms with E-state index < -0.39 is 5.60 Å². The summed E-state index contributed by atoms with van der Waals surface area (Å²) in [7, 11) is 0. The van der Waals surface area contributed by atoms with Gasteiger partial charge in [-0.3, -0.25) is 0 Å². The lowest BCUT2D eigenvalue weighted by molar-refractivity contribution is 0.0581. The fourth-order valence-corrected chi connectivity index (χ4v) is 1.17. The lowest BCUT2D eigenvalue weighted by Crippen LogP contribution is -2.44. The monoisotopic (exact) mass is 167 g/mol. The van der Waals surface area contributed by atoms with E-state index in [0.29, 0.717) is 0 Å². The van der Waals surface area contributed by atoms with Gasteiger partial charge in [-0.1, -0.05) is 6.08 Å². The summed E-state index contributed by atoms with van der Waals surface area (Å²) in [5.74, 6) is 0. The van der Waals surface area contributed by atoms with E-state index in [4.69, 9.17) is 0 Å². The molecule has 0 aromatic rings. The van der Waals surface area contributed by atoms with E-state index in [1.54, 1.807) is 0 Å². The molecule has 1 rings (SSSR count). The molecule has 2 N–H and O–H groups in total. The molecule has 2 heteroatoms. The molecule has 1 unspecified atom stereocenters. The quantitative estimate of drug-likeness (QED) is 0.621. The van der Waals surface area contributed by atoms with E-state index >= 15 is 0 Å². The van der Waals surface area contributed by atoms with Gasteiger partial charge >= 0.3 is 0 Å². The van der Waals surface area contributed by atoms with Crippen molar-refractivity contribution < 1.29 is 5.11 Å². The van der Waals surface area contributed by atoms with Crippen LogP contribution in [0.25, 0.3) is 0 Å². The topological polar surface area (TPSA) is 32.3 Å². The molecule has 0 saturated carbocycles. The lowest BCUT2D eigenvalue weighted by Gasteiger charge is -2.30. The third kappa shape index (κ3) is 1.89. The molecule has 1 aliphatic rings. The van der Waals surface area contributed by atoms with Gasteiger partial charge in [0.2, 0.25) is 0 Å². The van der Waals surface area contributed by atoms with Crippen LogP contribution in [0.2, 0.25) is 0 Å². The highest BCUT2D eigenvalue weighted by molar-refractivity contribution is 5.32. The second-order valence-electron chi connectivity index (χ2n) is 3.98. The Balaban J connectivity index is 2.79. The molecule has 0 fully saturated rings. The molecule has 0 aromatic carbocycles. The maximum atomic E-state index is 9.71. The van der Waals surface area contributed by atoms with Gasteiger partial charge in [-0.2, -0.15) is 0 Å². The van der Waals surface area contributed by atoms with Crippen molar-refractivity contribution in [1.29, 1.82) is 0 Å². The highest BCUT2D eigenvalue weighted by atomic mass is 16.3. The number of hydrogen-bond acceptors (Lipinski definition) is 2. The van der Waals surface area contributed by atoms with Crippen LogP contribution in [-0.4, -0.2) is 16.7 Å². The Bertz CT molecular complexity index is 233. The van der Waals surface area contributed by atoms with Gasteiger partial charge in [-0.05, 0) is 38.8 Å². The van der Waals surface area contributed by atoms with Crippen molar-refractivity contribution in [2.45, 2.75) is 39.3 Å². The van der Waals surface area contributed by atoms with Crippen LogP contribution < -0.4 is 5.32 Å². The Morgan fingerprint density at radius 3 is 2.33 bits per heavy atom. The summed E-state index contributed by atoms with van der Waals surface area (Å²) in [6.45, 7) is 7.73. The first-order valence-electron chi connectivity index (χ1n) is 4.25. The predicted molar refractivity (Wildman–Crippen MR) is 50.7 cm³/mol. The van der Waals surface area contributed by atoms with Gasteiger partial charge in [0.15, 0.2) is 0 Å². The average Bonchev–Trinajstić information content (AvgIpc) is 1.92. The first kappa shape index (κ1) is 9.33. The van der Waals surface area contributed by atoms with Crippen LogP contribution in [0.4, 0.5) is 0 Å². The number of hydrogen-bond donors (Lipinski definition) is 2. The molecule has 0 aliphatic carbocycles. The predicted octanol–water partition coefficient (Wildman–Crippen LogP) is 1.58. The Labute approximate surface area is 74.0 Å². The molecule has 1 atom stereocenters. The molecular formula is C10H17NO. The molecule has 0 radical (unpaired) electrons. The standard InChI is InChI=1S/C10H17NO/c1-7-5-9(10(3,4)12)11-6-8(7)2/h5-6,9,11-12H,1-4H3. The molecule has 1 aliphatic heterocycles. The van der Waals surface area contributed by atoms with Crippen molar-refractivity contribution >= 4 is 0 Å². The van der Waals surface area contributed by atoms with Crippen molar-refractivity contribution in [3.05, 3.63) is 23.4 Å². The summed E-state index contributed by atoms with van der Waals surface area (Å²) in [6, 6.07) is 0.0289. The van der Waals surface area contributed by atoms with E-state index in [0.717, 1.165) is 0 Å². The first-order valence-corrected chi connectivity index (χ1v) is 4.25. The summed E-state index contributed by atoms with van der Waals surface area (Å²) in [4.78, 5) is 0. The largest absolute Gasteiger partial charge is 0.388 e. The zero-order chi connectivity index (χ0) is 9.35. The fraction of sp³-hybridized carbons (Fsp3) is 0.600. The SMILES string of the molecule is CC1=CNC(C(C)(C)O)C=C1C. The van der Waals surface area contributed by atoms with Crippen molar-refractivity contribution in [3.63, 3.8) is 0 Å². The molecular weight excluding hydrogens is 150 g/mol. The van der Waals surface area contributed by atoms with Gasteiger partial charge in [-0.15, -0.1) is 0 Å². The van der Waals surface area contributed by atoms with Gasteiger partial charge in [0.1, 0.15) is 0 Å². The van der Waals surface area contributed by atoms with Crippen molar-refractivity contribution in [2.75, 3.05) is 0 Å². The molecule has 68 valence electrons. The molecule has 0 aromatic heterocycles. The Morgan fingerprint density at radius 1 is 1.33 bits per heavy atom. The normalized spacial score (nSPS) is 24.2. The first-order chi connectivity index (χ1) is 5.41. The third-order valence-electron chi connectivity index (χ3n) is 2.28. The van der Waals surface area contributed by atoms with Crippen LogP contribution >= 0.6 is 0 Å². The smallest absolute Gasteiger partial charge is 0.0827 e. The van der Waals surface area contributed by atoms with E-state index in [1.165, 1.54) is 11.1 Å². The minimum atomic E-state index is -0.696. The van der Waals surface area contributed by atoms with E-state index in [9.17, 15) is 5.11 Å². The number of allylic oxidation sites excluding steroid dienone is 2. The van der Waals surface area contributed by atoms with Gasteiger partial charge in [0.05, 0.1) is 11.6 Å². The molecule has 12 heavy (non-hydrogen) atoms. The Hall–Kier alpha value is -0.760. The molecule has 2 nitrogen and oxygen atoms in total. The Morgan fingerprint density at radius 2 is 1.92 bits per heavy atom. The van der Waals surface area contributed by atoms with Crippen LogP contribution in [0.15, 0.2) is 23.4 Å². The summed E-state index contributed by atoms with van der Waals surface area (Å²) in [6.07, 6.45) is 4.02. The molecule has 0 bridgehead atoms. The maximum Gasteiger partial charge on any atom is 0.0827 e. The molecule has 0 spiro atoms. The minimum Gasteiger partial charge on any atom is -0.388 e. The minimum absolute atomic E-state index is 0.0289. The number of nitrogens with one attached hydrogen (secondary N) is 1. The second kappa shape index (κ2) is 2.94. The third-order valence-corrected chi connectivity index (χ3v) is 2.28. The number of aliphatic hydroxyl groups is 1. The van der Waals surface area contributed by atoms with E-state index in [1.807, 2.05) is 20.0 Å². The zero-order valence-corrected chi connectivity index (χ0v) is 8.18. The van der Waals surface area contributed by atoms with Gasteiger partial charge in [0, 0.05) is 6.20 Å². The summed E-state index contributed by atoms with van der Waals surface area (Å²) >= 11 is 0. The van der Waals surface area contributed by atoms with Crippen molar-refractivity contribution in [3.8, 4) is 0 Å². The van der Waals surface area contributed by atoms with Crippen LogP contribution in [0.3, 0.4) is 0 Å². The van der Waals surface area contributed by atoms with E-state index in [-0.39, 0.29) is 6.04 Å². The molecule has 0 saturated heterocycles. The maximum absolute atomic E-state index is 9.71. The Kier molecular flexibility index (Phi) is 2.29. The highest BCUT2D eigenvalue weighted by Crippen LogP contribution is 2.19. The van der Waals surface area contributed by atoms with Gasteiger partial charge < -0.3 is 10.4 Å². The van der Waals surface area contributed by atoms with Gasteiger partial charge in [-0.25, -0.2) is 0 Å². The van der Waals surface area contributed by atoms with Crippen molar-refractivity contribution in [1.82, 2.24) is 5.32 Å². The highest BCUT2D eigenvalue weighted by Gasteiger charge is 2.25. The van der Waals surface area contributed by atoms with E-state index in [2.05, 4.69) is 25.2 Å². The second-order valence-corrected chi connectivity index (χ2v) is 3.98. The summed E-state index contributed by atoms with van der Waals surface area (Å²) in [5, 5.41) is 12.9. The van der Waals surface area contributed by atoms with Crippen LogP contribution in [0, 0.1) is 0 Å². The molecule has 0 amide bonds. The number of rotatable bonds is 1. The lowest BCUT2D eigenvalue weighted by atomic mass is 9.93. The van der Waals surface area contributed by atoms with Crippen LogP contribution in [0.5, 0.6) is 0 Å². The number of dihydropyridines is 1. The molecule has 1 heterocycles. The average molecular weight is 167 g/mol. The zero-order valence-electron chi connectivity index (χ0n) is 8.18. The fourth-order valence-electron chi connectivity index (χ4n) is 1.17. The summed E-state index contributed by atoms with van der Waals surface area (Å²) in [5.41, 5.74) is 1.77. The van der Waals surface area contributed by atoms with Gasteiger partial charge in [0.25, 0.3) is 0 Å². The summed E-state index contributed by atoms with van der Waals surface area (Å²) < 4.78 is 0. The van der Waals surface area contributed by atoms with Crippen molar-refractivity contribution in [2.24, 2.45) is 0 Å². The van der Waals surface area contributed by atoms with Crippen LogP contribution in [0.1, 0.15) is 27.7 Å². The van der Waals surface area contributed by atoms with Crippen LogP contribution in [-0.2, 0) is 0 Å².